The molecule has 8 heteroatoms. The van der Waals surface area contributed by atoms with E-state index >= 15 is 0 Å². The first-order valence-electron chi connectivity index (χ1n) is 8.34. The van der Waals surface area contributed by atoms with Crippen LogP contribution in [-0.4, -0.2) is 39.2 Å². The van der Waals surface area contributed by atoms with Gasteiger partial charge in [0.1, 0.15) is 18.5 Å². The third kappa shape index (κ3) is 4.69. The van der Waals surface area contributed by atoms with Crippen LogP contribution in [0, 0.1) is 5.82 Å². The fraction of sp³-hybridized carbons (Fsp3) is 0.211. The van der Waals surface area contributed by atoms with Crippen molar-refractivity contribution < 1.29 is 9.18 Å². The number of anilines is 1. The first-order chi connectivity index (χ1) is 12.9. The molecule has 0 saturated carbocycles. The second kappa shape index (κ2) is 8.28. The van der Waals surface area contributed by atoms with Gasteiger partial charge in [0.15, 0.2) is 0 Å². The summed E-state index contributed by atoms with van der Waals surface area (Å²) in [6, 6.07) is 11.8. The smallest absolute Gasteiger partial charge is 0.238 e. The average molecular weight is 388 g/mol. The number of hydrogen-bond acceptors (Lipinski definition) is 4. The van der Waals surface area contributed by atoms with E-state index in [-0.39, 0.29) is 23.5 Å². The van der Waals surface area contributed by atoms with Crippen LogP contribution in [0.1, 0.15) is 18.5 Å². The summed E-state index contributed by atoms with van der Waals surface area (Å²) >= 11 is 5.95. The van der Waals surface area contributed by atoms with E-state index in [1.807, 2.05) is 43.1 Å². The van der Waals surface area contributed by atoms with Crippen LogP contribution in [-0.2, 0) is 4.79 Å². The molecule has 0 fully saturated rings. The lowest BCUT2D eigenvalue weighted by Gasteiger charge is -2.24. The monoisotopic (exact) mass is 387 g/mol. The highest BCUT2D eigenvalue weighted by atomic mass is 35.5. The molecule has 0 saturated heterocycles. The zero-order valence-corrected chi connectivity index (χ0v) is 15.7. The van der Waals surface area contributed by atoms with Crippen LogP contribution in [0.4, 0.5) is 10.1 Å². The Labute approximate surface area is 161 Å². The normalized spacial score (nSPS) is 12.2. The summed E-state index contributed by atoms with van der Waals surface area (Å²) in [4.78, 5) is 18.1. The SMILES string of the molecule is C[C@@H](c1ccc(-n2cncn2)cc1)N(C)CC(=O)Nc1ccc(F)cc1Cl. The van der Waals surface area contributed by atoms with E-state index in [1.165, 1.54) is 24.5 Å². The first kappa shape index (κ1) is 19.0. The topological polar surface area (TPSA) is 63.1 Å². The Balaban J connectivity index is 1.61. The molecule has 0 radical (unpaired) electrons. The van der Waals surface area contributed by atoms with Crippen LogP contribution in [0.3, 0.4) is 0 Å². The Hall–Kier alpha value is -2.77. The van der Waals surface area contributed by atoms with E-state index in [1.54, 1.807) is 11.0 Å². The van der Waals surface area contributed by atoms with Crippen LogP contribution in [0.2, 0.25) is 5.02 Å². The Morgan fingerprint density at radius 1 is 1.30 bits per heavy atom. The zero-order chi connectivity index (χ0) is 19.4. The number of nitrogens with one attached hydrogen (secondary N) is 1. The predicted molar refractivity (Wildman–Crippen MR) is 102 cm³/mol. The summed E-state index contributed by atoms with van der Waals surface area (Å²) in [5, 5.41) is 6.97. The fourth-order valence-electron chi connectivity index (χ4n) is 2.65. The quantitative estimate of drug-likeness (QED) is 0.700. The Kier molecular flexibility index (Phi) is 5.83. The van der Waals surface area contributed by atoms with Crippen molar-refractivity contribution in [2.45, 2.75) is 13.0 Å². The highest BCUT2D eigenvalue weighted by Gasteiger charge is 2.16. The van der Waals surface area contributed by atoms with Crippen molar-refractivity contribution in [2.75, 3.05) is 18.9 Å². The van der Waals surface area contributed by atoms with Gasteiger partial charge >= 0.3 is 0 Å². The second-order valence-corrected chi connectivity index (χ2v) is 6.60. The maximum absolute atomic E-state index is 13.1. The predicted octanol–water partition coefficient (Wildman–Crippen LogP) is 3.69. The number of amides is 1. The highest BCUT2D eigenvalue weighted by Crippen LogP contribution is 2.23. The highest BCUT2D eigenvalue weighted by molar-refractivity contribution is 6.33. The van der Waals surface area contributed by atoms with E-state index < -0.39 is 5.82 Å². The van der Waals surface area contributed by atoms with E-state index in [2.05, 4.69) is 15.4 Å². The molecular weight excluding hydrogens is 369 g/mol. The summed E-state index contributed by atoms with van der Waals surface area (Å²) in [5.74, 6) is -0.671. The standard InChI is InChI=1S/C19H19ClFN5O/c1-13(14-3-6-16(7-4-14)26-12-22-11-23-26)25(2)10-19(27)24-18-8-5-15(21)9-17(18)20/h3-9,11-13H,10H2,1-2H3,(H,24,27)/t13-/m0/s1. The van der Waals surface area contributed by atoms with E-state index in [0.717, 1.165) is 11.3 Å². The molecule has 0 unspecified atom stereocenters. The molecule has 1 atom stereocenters. The third-order valence-corrected chi connectivity index (χ3v) is 4.63. The van der Waals surface area contributed by atoms with Crippen molar-refractivity contribution in [1.29, 1.82) is 0 Å². The average Bonchev–Trinajstić information content (AvgIpc) is 3.18. The number of rotatable bonds is 6. The summed E-state index contributed by atoms with van der Waals surface area (Å²) in [6.07, 6.45) is 3.12. The lowest BCUT2D eigenvalue weighted by Crippen LogP contribution is -2.32. The Bertz CT molecular complexity index is 914. The summed E-state index contributed by atoms with van der Waals surface area (Å²) in [7, 11) is 1.86. The van der Waals surface area contributed by atoms with Crippen LogP contribution < -0.4 is 5.32 Å². The second-order valence-electron chi connectivity index (χ2n) is 6.20. The first-order valence-corrected chi connectivity index (χ1v) is 8.72. The van der Waals surface area contributed by atoms with E-state index in [0.29, 0.717) is 5.69 Å². The molecule has 27 heavy (non-hydrogen) atoms. The zero-order valence-electron chi connectivity index (χ0n) is 14.9. The number of likely N-dealkylation sites (N-methyl/N-ethyl adjacent to an activating group) is 1. The van der Waals surface area contributed by atoms with Gasteiger partial charge < -0.3 is 5.32 Å². The molecule has 3 aromatic rings. The van der Waals surface area contributed by atoms with Crippen molar-refractivity contribution >= 4 is 23.2 Å². The maximum Gasteiger partial charge on any atom is 0.238 e. The molecule has 0 spiro atoms. The van der Waals surface area contributed by atoms with Crippen molar-refractivity contribution in [3.05, 3.63) is 71.5 Å². The molecule has 0 aliphatic heterocycles. The fourth-order valence-corrected chi connectivity index (χ4v) is 2.86. The molecule has 0 bridgehead atoms. The van der Waals surface area contributed by atoms with Gasteiger partial charge in [-0.15, -0.1) is 0 Å². The lowest BCUT2D eigenvalue weighted by molar-refractivity contribution is -0.117. The van der Waals surface area contributed by atoms with Gasteiger partial charge in [0, 0.05) is 6.04 Å². The third-order valence-electron chi connectivity index (χ3n) is 4.32. The summed E-state index contributed by atoms with van der Waals surface area (Å²) in [6.45, 7) is 2.18. The van der Waals surface area contributed by atoms with Gasteiger partial charge in [-0.25, -0.2) is 14.1 Å². The molecule has 2 aromatic carbocycles. The van der Waals surface area contributed by atoms with E-state index in [9.17, 15) is 9.18 Å². The van der Waals surface area contributed by atoms with Crippen LogP contribution in [0.5, 0.6) is 0 Å². The van der Waals surface area contributed by atoms with Crippen LogP contribution in [0.15, 0.2) is 55.1 Å². The number of hydrogen-bond donors (Lipinski definition) is 1. The van der Waals surface area contributed by atoms with Crippen molar-refractivity contribution in [3.8, 4) is 5.69 Å². The largest absolute Gasteiger partial charge is 0.324 e. The van der Waals surface area contributed by atoms with Gasteiger partial charge in [-0.05, 0) is 49.9 Å². The summed E-state index contributed by atoms with van der Waals surface area (Å²) < 4.78 is 14.8. The van der Waals surface area contributed by atoms with Gasteiger partial charge in [0.25, 0.3) is 0 Å². The lowest BCUT2D eigenvalue weighted by atomic mass is 10.1. The number of carbonyl (C=O) groups excluding carboxylic acids is 1. The molecule has 140 valence electrons. The molecule has 6 nitrogen and oxygen atoms in total. The van der Waals surface area contributed by atoms with Gasteiger partial charge in [-0.1, -0.05) is 23.7 Å². The minimum absolute atomic E-state index is 0.0178. The number of benzene rings is 2. The Morgan fingerprint density at radius 2 is 2.04 bits per heavy atom. The summed E-state index contributed by atoms with van der Waals surface area (Å²) in [5.41, 5.74) is 2.37. The molecule has 1 heterocycles. The van der Waals surface area contributed by atoms with Gasteiger partial charge in [0.2, 0.25) is 5.91 Å². The van der Waals surface area contributed by atoms with Crippen molar-refractivity contribution in [1.82, 2.24) is 19.7 Å². The van der Waals surface area contributed by atoms with Gasteiger partial charge in [0.05, 0.1) is 22.9 Å². The van der Waals surface area contributed by atoms with Gasteiger partial charge in [-0.2, -0.15) is 5.10 Å². The molecular formula is C19H19ClFN5O. The number of carbonyl (C=O) groups is 1. The van der Waals surface area contributed by atoms with Gasteiger partial charge in [-0.3, -0.25) is 9.69 Å². The minimum atomic E-state index is -0.446. The molecule has 3 rings (SSSR count). The van der Waals surface area contributed by atoms with Crippen LogP contribution >= 0.6 is 11.6 Å². The van der Waals surface area contributed by atoms with Crippen LogP contribution in [0.25, 0.3) is 5.69 Å². The Morgan fingerprint density at radius 3 is 2.67 bits per heavy atom. The van der Waals surface area contributed by atoms with Crippen molar-refractivity contribution in [2.24, 2.45) is 0 Å². The molecule has 0 aliphatic carbocycles. The molecule has 1 aromatic heterocycles. The van der Waals surface area contributed by atoms with Crippen molar-refractivity contribution in [3.63, 3.8) is 0 Å². The molecule has 0 aliphatic rings. The number of nitrogens with zero attached hydrogens (tertiary/aromatic N) is 4. The van der Waals surface area contributed by atoms with E-state index in [4.69, 9.17) is 11.6 Å². The molecule has 1 amide bonds. The molecule has 1 N–H and O–H groups in total. The number of aromatic nitrogens is 3. The number of halogens is 2. The minimum Gasteiger partial charge on any atom is -0.324 e. The maximum atomic E-state index is 13.1.